The molecular formula is C18H30N2O3. The van der Waals surface area contributed by atoms with Gasteiger partial charge in [-0.25, -0.2) is 0 Å². The van der Waals surface area contributed by atoms with Gasteiger partial charge in [0.05, 0.1) is 21.3 Å². The van der Waals surface area contributed by atoms with Gasteiger partial charge in [-0.15, -0.1) is 0 Å². The van der Waals surface area contributed by atoms with Crippen LogP contribution in [0.2, 0.25) is 0 Å². The minimum Gasteiger partial charge on any atom is -0.493 e. The van der Waals surface area contributed by atoms with Crippen LogP contribution >= 0.6 is 0 Å². The van der Waals surface area contributed by atoms with E-state index in [4.69, 9.17) is 14.2 Å². The van der Waals surface area contributed by atoms with E-state index in [1.54, 1.807) is 21.3 Å². The summed E-state index contributed by atoms with van der Waals surface area (Å²) in [6.07, 6.45) is 5.45. The molecule has 1 aliphatic carbocycles. The number of hydrogen-bond donors (Lipinski definition) is 1. The van der Waals surface area contributed by atoms with Crippen LogP contribution in [0.4, 0.5) is 0 Å². The van der Waals surface area contributed by atoms with Crippen LogP contribution in [0.25, 0.3) is 0 Å². The lowest BCUT2D eigenvalue weighted by Crippen LogP contribution is -2.35. The summed E-state index contributed by atoms with van der Waals surface area (Å²) in [7, 11) is 7.16. The summed E-state index contributed by atoms with van der Waals surface area (Å²) < 4.78 is 16.3. The van der Waals surface area contributed by atoms with E-state index in [2.05, 4.69) is 17.3 Å². The normalized spacial score (nSPS) is 15.2. The first-order valence-corrected chi connectivity index (χ1v) is 8.40. The van der Waals surface area contributed by atoms with Crippen LogP contribution in [0.5, 0.6) is 17.2 Å². The second kappa shape index (κ2) is 8.99. The van der Waals surface area contributed by atoms with Gasteiger partial charge in [-0.05, 0) is 26.0 Å². The Morgan fingerprint density at radius 2 is 1.74 bits per heavy atom. The van der Waals surface area contributed by atoms with Crippen molar-refractivity contribution in [1.82, 2.24) is 10.2 Å². The van der Waals surface area contributed by atoms with Crippen LogP contribution < -0.4 is 19.5 Å². The Hall–Kier alpha value is -1.46. The molecule has 0 spiro atoms. The Morgan fingerprint density at radius 3 is 2.35 bits per heavy atom. The quantitative estimate of drug-likeness (QED) is 0.708. The summed E-state index contributed by atoms with van der Waals surface area (Å²) in [5.41, 5.74) is 1.08. The standard InChI is InChI=1S/C18H30N2O3/c1-20(15-7-5-6-8-15)12-11-19-13-14-9-10-16(21-2)18(23-4)17(14)22-3/h9-10,15,19H,5-8,11-13H2,1-4H3. The minimum atomic E-state index is 0.650. The lowest BCUT2D eigenvalue weighted by Gasteiger charge is -2.24. The molecule has 0 saturated heterocycles. The molecule has 5 nitrogen and oxygen atoms in total. The summed E-state index contributed by atoms with van der Waals surface area (Å²) in [4.78, 5) is 2.48. The summed E-state index contributed by atoms with van der Waals surface area (Å²) in [6, 6.07) is 4.71. The third kappa shape index (κ3) is 4.52. The Labute approximate surface area is 139 Å². The average Bonchev–Trinajstić information content (AvgIpc) is 3.12. The Balaban J connectivity index is 1.87. The molecular weight excluding hydrogens is 292 g/mol. The van der Waals surface area contributed by atoms with Gasteiger partial charge in [-0.1, -0.05) is 18.9 Å². The third-order valence-corrected chi connectivity index (χ3v) is 4.69. The number of rotatable bonds is 9. The van der Waals surface area contributed by atoms with Gasteiger partial charge in [0.25, 0.3) is 0 Å². The van der Waals surface area contributed by atoms with Crippen molar-refractivity contribution in [2.45, 2.75) is 38.3 Å². The molecule has 1 aromatic carbocycles. The zero-order valence-electron chi connectivity index (χ0n) is 14.9. The monoisotopic (exact) mass is 322 g/mol. The highest BCUT2D eigenvalue weighted by molar-refractivity contribution is 5.55. The van der Waals surface area contributed by atoms with Crippen molar-refractivity contribution in [2.75, 3.05) is 41.5 Å². The number of benzene rings is 1. The molecule has 0 radical (unpaired) electrons. The van der Waals surface area contributed by atoms with Crippen molar-refractivity contribution < 1.29 is 14.2 Å². The van der Waals surface area contributed by atoms with Gasteiger partial charge in [0.1, 0.15) is 0 Å². The van der Waals surface area contributed by atoms with E-state index >= 15 is 0 Å². The van der Waals surface area contributed by atoms with E-state index in [-0.39, 0.29) is 0 Å². The highest BCUT2D eigenvalue weighted by atomic mass is 16.5. The molecule has 1 N–H and O–H groups in total. The average molecular weight is 322 g/mol. The first-order chi connectivity index (χ1) is 11.2. The highest BCUT2D eigenvalue weighted by Gasteiger charge is 2.19. The fourth-order valence-electron chi connectivity index (χ4n) is 3.31. The van der Waals surface area contributed by atoms with Gasteiger partial charge in [0.2, 0.25) is 5.75 Å². The molecule has 23 heavy (non-hydrogen) atoms. The van der Waals surface area contributed by atoms with E-state index in [0.29, 0.717) is 11.5 Å². The molecule has 5 heteroatoms. The predicted octanol–water partition coefficient (Wildman–Crippen LogP) is 2.68. The topological polar surface area (TPSA) is 43.0 Å². The number of likely N-dealkylation sites (N-methyl/N-ethyl adjacent to an activating group) is 1. The van der Waals surface area contributed by atoms with Crippen LogP contribution in [-0.2, 0) is 6.54 Å². The van der Waals surface area contributed by atoms with Crippen molar-refractivity contribution in [3.8, 4) is 17.2 Å². The van der Waals surface area contributed by atoms with Gasteiger partial charge in [0, 0.05) is 31.2 Å². The number of nitrogens with zero attached hydrogens (tertiary/aromatic N) is 1. The van der Waals surface area contributed by atoms with Crippen LogP contribution in [0, 0.1) is 0 Å². The maximum atomic E-state index is 5.51. The largest absolute Gasteiger partial charge is 0.493 e. The van der Waals surface area contributed by atoms with Gasteiger partial charge < -0.3 is 24.4 Å². The molecule has 0 aliphatic heterocycles. The summed E-state index contributed by atoms with van der Waals surface area (Å²) in [5, 5.41) is 3.50. The smallest absolute Gasteiger partial charge is 0.203 e. The van der Waals surface area contributed by atoms with Gasteiger partial charge in [-0.2, -0.15) is 0 Å². The van der Waals surface area contributed by atoms with Gasteiger partial charge in [-0.3, -0.25) is 0 Å². The number of methoxy groups -OCH3 is 3. The maximum absolute atomic E-state index is 5.51. The molecule has 1 fully saturated rings. The number of ether oxygens (including phenoxy) is 3. The summed E-state index contributed by atoms with van der Waals surface area (Å²) in [6.45, 7) is 2.78. The fraction of sp³-hybridized carbons (Fsp3) is 0.667. The van der Waals surface area contributed by atoms with Gasteiger partial charge >= 0.3 is 0 Å². The van der Waals surface area contributed by atoms with Gasteiger partial charge in [0.15, 0.2) is 11.5 Å². The number of nitrogens with one attached hydrogen (secondary N) is 1. The molecule has 0 unspecified atom stereocenters. The Kier molecular flexibility index (Phi) is 6.99. The Bertz CT molecular complexity index is 487. The van der Waals surface area contributed by atoms with E-state index < -0.39 is 0 Å². The van der Waals surface area contributed by atoms with Crippen LogP contribution in [0.3, 0.4) is 0 Å². The van der Waals surface area contributed by atoms with Crippen molar-refractivity contribution in [1.29, 1.82) is 0 Å². The SMILES string of the molecule is COc1ccc(CNCCN(C)C2CCCC2)c(OC)c1OC. The molecule has 0 atom stereocenters. The molecule has 0 bridgehead atoms. The highest BCUT2D eigenvalue weighted by Crippen LogP contribution is 2.39. The first-order valence-electron chi connectivity index (χ1n) is 8.40. The molecule has 1 aromatic rings. The van der Waals surface area contributed by atoms with Crippen LogP contribution in [0.1, 0.15) is 31.2 Å². The molecule has 130 valence electrons. The van der Waals surface area contributed by atoms with E-state index in [0.717, 1.165) is 37.0 Å². The molecule has 1 saturated carbocycles. The summed E-state index contributed by atoms with van der Waals surface area (Å²) in [5.74, 6) is 2.08. The van der Waals surface area contributed by atoms with Crippen molar-refractivity contribution in [2.24, 2.45) is 0 Å². The van der Waals surface area contributed by atoms with Crippen molar-refractivity contribution >= 4 is 0 Å². The molecule has 0 aromatic heterocycles. The molecule has 0 amide bonds. The zero-order chi connectivity index (χ0) is 16.7. The lowest BCUT2D eigenvalue weighted by atomic mass is 10.1. The van der Waals surface area contributed by atoms with E-state index in [9.17, 15) is 0 Å². The maximum Gasteiger partial charge on any atom is 0.203 e. The first kappa shape index (κ1) is 17.9. The van der Waals surface area contributed by atoms with Crippen LogP contribution in [0.15, 0.2) is 12.1 Å². The lowest BCUT2D eigenvalue weighted by molar-refractivity contribution is 0.245. The fourth-order valence-corrected chi connectivity index (χ4v) is 3.31. The second-order valence-electron chi connectivity index (χ2n) is 6.09. The second-order valence-corrected chi connectivity index (χ2v) is 6.09. The number of hydrogen-bond acceptors (Lipinski definition) is 5. The zero-order valence-corrected chi connectivity index (χ0v) is 14.9. The van der Waals surface area contributed by atoms with Crippen molar-refractivity contribution in [3.05, 3.63) is 17.7 Å². The van der Waals surface area contributed by atoms with Crippen LogP contribution in [-0.4, -0.2) is 52.4 Å². The van der Waals surface area contributed by atoms with E-state index in [1.165, 1.54) is 25.7 Å². The molecule has 1 aliphatic rings. The molecule has 2 rings (SSSR count). The van der Waals surface area contributed by atoms with E-state index in [1.807, 2.05) is 12.1 Å². The molecule has 0 heterocycles. The minimum absolute atomic E-state index is 0.650. The summed E-state index contributed by atoms with van der Waals surface area (Å²) >= 11 is 0. The Morgan fingerprint density at radius 1 is 1.04 bits per heavy atom. The predicted molar refractivity (Wildman–Crippen MR) is 92.7 cm³/mol. The van der Waals surface area contributed by atoms with Crippen molar-refractivity contribution in [3.63, 3.8) is 0 Å². The third-order valence-electron chi connectivity index (χ3n) is 4.69.